The molecule has 0 amide bonds. The van der Waals surface area contributed by atoms with E-state index < -0.39 is 46.0 Å². The van der Waals surface area contributed by atoms with Gasteiger partial charge in [-0.05, 0) is 115 Å². The van der Waals surface area contributed by atoms with Crippen molar-refractivity contribution in [3.63, 3.8) is 0 Å². The Kier molecular flexibility index (Phi) is 14.8. The quantitative estimate of drug-likeness (QED) is 0.0477. The number of esters is 1. The van der Waals surface area contributed by atoms with E-state index in [-0.39, 0.29) is 44.2 Å². The average molecular weight is 767 g/mol. The molecule has 53 heavy (non-hydrogen) atoms. The van der Waals surface area contributed by atoms with Crippen LogP contribution in [0.3, 0.4) is 0 Å². The third-order valence-corrected chi connectivity index (χ3v) is 19.0. The Labute approximate surface area is 321 Å². The Morgan fingerprint density at radius 3 is 1.83 bits per heavy atom. The number of hydrogen-bond acceptors (Lipinski definition) is 8. The standard InChI is InChI=1S/C43H66O8Si2/c1-28(2)19-18-20-29(3)21-23-31-36(50-52(14,15)42(7,8)9)27-34(46)38(39(31)51-53(16,17)43(10,11)12)33(45)26-32(44)30-22-24-35(37(25-30)48-13)49-40(47)41(4,5)6/h19,21-22,24-25,27,46H,18,20,23,26H2,1-17H3/b29-21+. The highest BCUT2D eigenvalue weighted by Gasteiger charge is 2.43. The molecule has 0 aliphatic heterocycles. The number of Topliss-reactive ketones (excluding diaryl/α,β-unsaturated/α-hetero) is 2. The van der Waals surface area contributed by atoms with E-state index in [2.05, 4.69) is 101 Å². The Hall–Kier alpha value is -3.64. The molecule has 0 fully saturated rings. The van der Waals surface area contributed by atoms with Crippen molar-refractivity contribution in [3.05, 3.63) is 64.3 Å². The molecular weight excluding hydrogens is 701 g/mol. The zero-order valence-electron chi connectivity index (χ0n) is 35.6. The van der Waals surface area contributed by atoms with Gasteiger partial charge in [-0.1, -0.05) is 64.8 Å². The van der Waals surface area contributed by atoms with Crippen molar-refractivity contribution >= 4 is 34.2 Å². The van der Waals surface area contributed by atoms with Gasteiger partial charge in [0.05, 0.1) is 18.9 Å². The number of carbonyl (C=O) groups excluding carboxylic acids is 3. The summed E-state index contributed by atoms with van der Waals surface area (Å²) in [6.45, 7) is 32.8. The van der Waals surface area contributed by atoms with Gasteiger partial charge in [0.2, 0.25) is 8.32 Å². The average Bonchev–Trinajstić information content (AvgIpc) is 2.98. The Morgan fingerprint density at radius 2 is 1.32 bits per heavy atom. The van der Waals surface area contributed by atoms with Crippen LogP contribution in [0.2, 0.25) is 36.3 Å². The van der Waals surface area contributed by atoms with Crippen LogP contribution in [0.1, 0.15) is 129 Å². The molecule has 8 nitrogen and oxygen atoms in total. The highest BCUT2D eigenvalue weighted by atomic mass is 28.4. The smallest absolute Gasteiger partial charge is 0.316 e. The number of ether oxygens (including phenoxy) is 2. The fourth-order valence-electron chi connectivity index (χ4n) is 4.65. The number of carbonyl (C=O) groups is 3. The summed E-state index contributed by atoms with van der Waals surface area (Å²) in [6.07, 6.45) is 6.02. The minimum atomic E-state index is -2.61. The zero-order valence-corrected chi connectivity index (χ0v) is 37.6. The van der Waals surface area contributed by atoms with Gasteiger partial charge in [-0.3, -0.25) is 14.4 Å². The summed E-state index contributed by atoms with van der Waals surface area (Å²) in [7, 11) is -3.62. The highest BCUT2D eigenvalue weighted by Crippen LogP contribution is 2.47. The van der Waals surface area contributed by atoms with Crippen LogP contribution < -0.4 is 18.3 Å². The lowest BCUT2D eigenvalue weighted by Crippen LogP contribution is -2.45. The lowest BCUT2D eigenvalue weighted by atomic mass is 9.95. The van der Waals surface area contributed by atoms with Gasteiger partial charge < -0.3 is 23.4 Å². The molecule has 0 aromatic heterocycles. The van der Waals surface area contributed by atoms with E-state index in [4.69, 9.17) is 18.3 Å². The van der Waals surface area contributed by atoms with Crippen molar-refractivity contribution in [2.45, 2.75) is 145 Å². The van der Waals surface area contributed by atoms with E-state index in [1.807, 2.05) is 0 Å². The number of methoxy groups -OCH3 is 1. The molecule has 0 heterocycles. The maximum atomic E-state index is 14.3. The van der Waals surface area contributed by atoms with Crippen molar-refractivity contribution in [1.29, 1.82) is 0 Å². The normalized spacial score (nSPS) is 13.0. The molecular formula is C43H66O8Si2. The van der Waals surface area contributed by atoms with E-state index in [0.717, 1.165) is 12.8 Å². The molecule has 0 spiro atoms. The molecule has 1 N–H and O–H groups in total. The molecule has 0 saturated carbocycles. The monoisotopic (exact) mass is 766 g/mol. The summed E-state index contributed by atoms with van der Waals surface area (Å²) in [5.74, 6) is -0.686. The Morgan fingerprint density at radius 1 is 0.755 bits per heavy atom. The van der Waals surface area contributed by atoms with Crippen molar-refractivity contribution in [3.8, 4) is 28.7 Å². The maximum Gasteiger partial charge on any atom is 0.316 e. The number of hydrogen-bond donors (Lipinski definition) is 1. The van der Waals surface area contributed by atoms with Crippen LogP contribution in [0.5, 0.6) is 28.7 Å². The summed E-state index contributed by atoms with van der Waals surface area (Å²) in [5.41, 5.74) is 2.55. The molecule has 2 aromatic rings. The second-order valence-electron chi connectivity index (χ2n) is 18.4. The summed E-state index contributed by atoms with van der Waals surface area (Å²) in [4.78, 5) is 40.6. The van der Waals surface area contributed by atoms with Gasteiger partial charge in [0.15, 0.2) is 23.1 Å². The molecule has 2 rings (SSSR count). The van der Waals surface area contributed by atoms with Gasteiger partial charge in [0, 0.05) is 17.2 Å². The van der Waals surface area contributed by atoms with E-state index >= 15 is 0 Å². The van der Waals surface area contributed by atoms with Gasteiger partial charge >= 0.3 is 5.97 Å². The highest BCUT2D eigenvalue weighted by molar-refractivity contribution is 6.75. The minimum Gasteiger partial charge on any atom is -0.543 e. The van der Waals surface area contributed by atoms with Gasteiger partial charge in [0.1, 0.15) is 22.8 Å². The molecule has 0 unspecified atom stereocenters. The molecule has 0 atom stereocenters. The first-order chi connectivity index (χ1) is 24.0. The first-order valence-electron chi connectivity index (χ1n) is 18.5. The first-order valence-corrected chi connectivity index (χ1v) is 24.4. The zero-order chi connectivity index (χ0) is 40.9. The van der Waals surface area contributed by atoms with Crippen LogP contribution in [0.25, 0.3) is 0 Å². The summed E-state index contributed by atoms with van der Waals surface area (Å²) in [5, 5.41) is 11.3. The van der Waals surface area contributed by atoms with Crippen LogP contribution in [-0.4, -0.2) is 46.4 Å². The summed E-state index contributed by atoms with van der Waals surface area (Å²) in [6, 6.07) is 5.97. The number of allylic oxidation sites excluding steroid dienone is 4. The molecule has 0 radical (unpaired) electrons. The van der Waals surface area contributed by atoms with E-state index in [1.54, 1.807) is 20.8 Å². The molecule has 0 saturated heterocycles. The molecule has 0 aliphatic carbocycles. The van der Waals surface area contributed by atoms with Crippen LogP contribution in [0.15, 0.2) is 47.6 Å². The molecule has 10 heteroatoms. The molecule has 0 aliphatic rings. The van der Waals surface area contributed by atoms with Crippen LogP contribution in [-0.2, 0) is 11.2 Å². The van der Waals surface area contributed by atoms with Gasteiger partial charge in [-0.25, -0.2) is 0 Å². The second kappa shape index (κ2) is 17.2. The van der Waals surface area contributed by atoms with Crippen molar-refractivity contribution in [2.24, 2.45) is 5.41 Å². The lowest BCUT2D eigenvalue weighted by Gasteiger charge is -2.39. The third-order valence-electron chi connectivity index (χ3n) is 10.3. The molecule has 0 bridgehead atoms. The van der Waals surface area contributed by atoms with Crippen LogP contribution in [0.4, 0.5) is 0 Å². The van der Waals surface area contributed by atoms with Crippen molar-refractivity contribution in [1.82, 2.24) is 0 Å². The Bertz CT molecular complexity index is 1720. The van der Waals surface area contributed by atoms with Gasteiger partial charge in [-0.15, -0.1) is 0 Å². The Balaban J connectivity index is 2.79. The van der Waals surface area contributed by atoms with E-state index in [9.17, 15) is 19.5 Å². The van der Waals surface area contributed by atoms with Gasteiger partial charge in [-0.2, -0.15) is 0 Å². The van der Waals surface area contributed by atoms with E-state index in [0.29, 0.717) is 17.7 Å². The van der Waals surface area contributed by atoms with Crippen molar-refractivity contribution < 1.29 is 37.8 Å². The van der Waals surface area contributed by atoms with Crippen LogP contribution in [0, 0.1) is 5.41 Å². The summed E-state index contributed by atoms with van der Waals surface area (Å²) >= 11 is 0. The number of phenolic OH excluding ortho intramolecular Hbond substituents is 1. The first kappa shape index (κ1) is 45.5. The SMILES string of the molecule is COc1cc(C(=O)CC(=O)c2c(O)cc(O[Si](C)(C)C(C)(C)C)c(C/C=C(\C)CCC=C(C)C)c2O[Si](C)(C)C(C)(C)C)ccc1OC(=O)C(C)(C)C. The van der Waals surface area contributed by atoms with Gasteiger partial charge in [0.25, 0.3) is 8.32 Å². The fraction of sp³-hybridized carbons (Fsp3) is 0.558. The van der Waals surface area contributed by atoms with E-state index in [1.165, 1.54) is 42.5 Å². The predicted molar refractivity (Wildman–Crippen MR) is 221 cm³/mol. The number of benzene rings is 2. The number of phenols is 1. The third kappa shape index (κ3) is 12.2. The minimum absolute atomic E-state index is 0.0287. The van der Waals surface area contributed by atoms with Crippen LogP contribution >= 0.6 is 0 Å². The number of ketones is 2. The largest absolute Gasteiger partial charge is 0.543 e. The molecule has 294 valence electrons. The molecule has 2 aromatic carbocycles. The van der Waals surface area contributed by atoms with Crippen molar-refractivity contribution in [2.75, 3.05) is 7.11 Å². The maximum absolute atomic E-state index is 14.3. The topological polar surface area (TPSA) is 108 Å². The number of rotatable bonds is 15. The number of aromatic hydroxyl groups is 1. The summed E-state index contributed by atoms with van der Waals surface area (Å²) < 4.78 is 24.9. The predicted octanol–water partition coefficient (Wildman–Crippen LogP) is 11.8. The second-order valence-corrected chi connectivity index (χ2v) is 27.9. The fourth-order valence-corrected chi connectivity index (χ4v) is 6.73. The lowest BCUT2D eigenvalue weighted by molar-refractivity contribution is -0.143.